The van der Waals surface area contributed by atoms with Gasteiger partial charge in [0.25, 0.3) is 0 Å². The fourth-order valence-corrected chi connectivity index (χ4v) is 3.93. The lowest BCUT2D eigenvalue weighted by molar-refractivity contribution is 0.250. The summed E-state index contributed by atoms with van der Waals surface area (Å²) < 4.78 is 0. The quantitative estimate of drug-likeness (QED) is 0.596. The van der Waals surface area contributed by atoms with E-state index in [0.29, 0.717) is 23.3 Å². The monoisotopic (exact) mass is 385 g/mol. The number of carbonyl (C=O) groups excluding carboxylic acids is 1. The van der Waals surface area contributed by atoms with Crippen LogP contribution in [0.4, 0.5) is 10.5 Å². The van der Waals surface area contributed by atoms with Crippen LogP contribution < -0.4 is 16.0 Å². The van der Waals surface area contributed by atoms with Gasteiger partial charge in [-0.25, -0.2) is 4.79 Å². The first-order valence-corrected chi connectivity index (χ1v) is 10.1. The van der Waals surface area contributed by atoms with E-state index in [0.717, 1.165) is 25.3 Å². The molecule has 1 saturated heterocycles. The molecule has 1 aliphatic rings. The molecule has 2 amide bonds. The van der Waals surface area contributed by atoms with Crippen molar-refractivity contribution < 1.29 is 4.79 Å². The summed E-state index contributed by atoms with van der Waals surface area (Å²) >= 11 is 5.93. The number of halogens is 1. The Morgan fingerprint density at radius 3 is 2.81 bits per heavy atom. The highest BCUT2D eigenvalue weighted by molar-refractivity contribution is 6.30. The molecule has 0 radical (unpaired) electrons. The summed E-state index contributed by atoms with van der Waals surface area (Å²) in [5, 5.41) is 9.96. The van der Waals surface area contributed by atoms with Crippen LogP contribution in [0.3, 0.4) is 0 Å². The van der Waals surface area contributed by atoms with Gasteiger partial charge in [0.15, 0.2) is 0 Å². The van der Waals surface area contributed by atoms with E-state index in [1.54, 1.807) is 12.1 Å². The number of hydrogen-bond acceptors (Lipinski definition) is 2. The summed E-state index contributed by atoms with van der Waals surface area (Å²) in [6.07, 6.45) is 5.68. The van der Waals surface area contributed by atoms with Gasteiger partial charge in [0.1, 0.15) is 0 Å². The van der Waals surface area contributed by atoms with Crippen LogP contribution in [0.1, 0.15) is 31.2 Å². The third kappa shape index (κ3) is 6.89. The van der Waals surface area contributed by atoms with Gasteiger partial charge >= 0.3 is 6.03 Å². The number of rotatable bonds is 7. The van der Waals surface area contributed by atoms with Crippen molar-refractivity contribution in [3.63, 3.8) is 0 Å². The normalized spacial score (nSPS) is 19.4. The van der Waals surface area contributed by atoms with E-state index < -0.39 is 0 Å². The summed E-state index contributed by atoms with van der Waals surface area (Å²) in [7, 11) is 0. The molecular weight excluding hydrogens is 358 g/mol. The highest BCUT2D eigenvalue weighted by atomic mass is 35.5. The molecule has 2 unspecified atom stereocenters. The number of benzene rings is 2. The molecule has 5 heteroatoms. The molecule has 144 valence electrons. The van der Waals surface area contributed by atoms with Gasteiger partial charge in [0.05, 0.1) is 0 Å². The third-order valence-corrected chi connectivity index (χ3v) is 5.30. The molecule has 1 aliphatic heterocycles. The van der Waals surface area contributed by atoms with Crippen molar-refractivity contribution in [2.24, 2.45) is 5.92 Å². The maximum absolute atomic E-state index is 11.9. The van der Waals surface area contributed by atoms with E-state index in [9.17, 15) is 4.79 Å². The van der Waals surface area contributed by atoms with Gasteiger partial charge in [0.2, 0.25) is 0 Å². The highest BCUT2D eigenvalue weighted by Gasteiger charge is 2.21. The van der Waals surface area contributed by atoms with Gasteiger partial charge < -0.3 is 16.0 Å². The minimum atomic E-state index is -0.184. The van der Waals surface area contributed by atoms with Crippen molar-refractivity contribution >= 4 is 23.3 Å². The lowest BCUT2D eigenvalue weighted by Crippen LogP contribution is -2.39. The number of anilines is 1. The van der Waals surface area contributed by atoms with E-state index in [-0.39, 0.29) is 6.03 Å². The molecule has 2 atom stereocenters. The minimum Gasteiger partial charge on any atom is -0.338 e. The number of piperidine rings is 1. The van der Waals surface area contributed by atoms with Gasteiger partial charge in [-0.05, 0) is 68.3 Å². The van der Waals surface area contributed by atoms with Crippen molar-refractivity contribution in [1.82, 2.24) is 10.6 Å². The minimum absolute atomic E-state index is 0.184. The van der Waals surface area contributed by atoms with Crippen LogP contribution in [0, 0.1) is 5.92 Å². The summed E-state index contributed by atoms with van der Waals surface area (Å²) in [4.78, 5) is 11.9. The van der Waals surface area contributed by atoms with Crippen molar-refractivity contribution in [3.05, 3.63) is 65.2 Å². The van der Waals surface area contributed by atoms with Crippen molar-refractivity contribution in [3.8, 4) is 0 Å². The Balaban J connectivity index is 1.33. The highest BCUT2D eigenvalue weighted by Crippen LogP contribution is 2.23. The number of carbonyl (C=O) groups is 1. The molecular formula is C22H28ClN3O. The van der Waals surface area contributed by atoms with Gasteiger partial charge in [-0.2, -0.15) is 0 Å². The zero-order valence-electron chi connectivity index (χ0n) is 15.6. The van der Waals surface area contributed by atoms with E-state index in [1.807, 2.05) is 12.1 Å². The molecule has 1 fully saturated rings. The van der Waals surface area contributed by atoms with E-state index in [2.05, 4.69) is 46.3 Å². The topological polar surface area (TPSA) is 53.2 Å². The lowest BCUT2D eigenvalue weighted by atomic mass is 9.86. The molecule has 4 nitrogen and oxygen atoms in total. The number of nitrogens with one attached hydrogen (secondary N) is 3. The predicted octanol–water partition coefficient (Wildman–Crippen LogP) is 4.85. The first-order chi connectivity index (χ1) is 13.2. The Morgan fingerprint density at radius 2 is 2.00 bits per heavy atom. The summed E-state index contributed by atoms with van der Waals surface area (Å²) in [6.45, 7) is 1.76. The maximum Gasteiger partial charge on any atom is 0.319 e. The van der Waals surface area contributed by atoms with Crippen LogP contribution >= 0.6 is 11.6 Å². The van der Waals surface area contributed by atoms with Crippen LogP contribution in [0.15, 0.2) is 54.6 Å². The largest absolute Gasteiger partial charge is 0.338 e. The van der Waals surface area contributed by atoms with Crippen LogP contribution in [-0.2, 0) is 6.42 Å². The van der Waals surface area contributed by atoms with Gasteiger partial charge in [0, 0.05) is 23.3 Å². The zero-order chi connectivity index (χ0) is 18.9. The standard InChI is InChI=1S/C22H28ClN3O/c23-19-8-4-9-21(16-19)26-22(27)25-12-5-10-20-15-18(11-13-24-20)14-17-6-2-1-3-7-17/h1-4,6-9,16,18,20,24H,5,10-15H2,(H2,25,26,27). The molecule has 27 heavy (non-hydrogen) atoms. The second-order valence-electron chi connectivity index (χ2n) is 7.26. The van der Waals surface area contributed by atoms with Crippen molar-refractivity contribution in [1.29, 1.82) is 0 Å². The Hall–Kier alpha value is -2.04. The maximum atomic E-state index is 11.9. The molecule has 0 spiro atoms. The van der Waals surface area contributed by atoms with Crippen LogP contribution in [0.2, 0.25) is 5.02 Å². The van der Waals surface area contributed by atoms with Crippen LogP contribution in [0.5, 0.6) is 0 Å². The first kappa shape index (κ1) is 19.7. The van der Waals surface area contributed by atoms with E-state index in [1.165, 1.54) is 24.8 Å². The average molecular weight is 386 g/mol. The van der Waals surface area contributed by atoms with E-state index >= 15 is 0 Å². The summed E-state index contributed by atoms with van der Waals surface area (Å²) in [5.74, 6) is 0.748. The molecule has 2 aromatic rings. The predicted molar refractivity (Wildman–Crippen MR) is 112 cm³/mol. The van der Waals surface area contributed by atoms with Gasteiger partial charge in [-0.3, -0.25) is 0 Å². The number of hydrogen-bond donors (Lipinski definition) is 3. The fraction of sp³-hybridized carbons (Fsp3) is 0.409. The molecule has 1 heterocycles. The fourth-order valence-electron chi connectivity index (χ4n) is 3.74. The summed E-state index contributed by atoms with van der Waals surface area (Å²) in [5.41, 5.74) is 2.14. The number of amides is 2. The molecule has 0 saturated carbocycles. The first-order valence-electron chi connectivity index (χ1n) is 9.77. The van der Waals surface area contributed by atoms with Crippen molar-refractivity contribution in [2.45, 2.75) is 38.1 Å². The number of urea groups is 1. The second kappa shape index (κ2) is 10.3. The summed E-state index contributed by atoms with van der Waals surface area (Å²) in [6, 6.07) is 18.3. The Kier molecular flexibility index (Phi) is 7.55. The van der Waals surface area contributed by atoms with Gasteiger partial charge in [-0.15, -0.1) is 0 Å². The zero-order valence-corrected chi connectivity index (χ0v) is 16.3. The second-order valence-corrected chi connectivity index (χ2v) is 7.70. The SMILES string of the molecule is O=C(NCCCC1CC(Cc2ccccc2)CCN1)Nc1cccc(Cl)c1. The smallest absolute Gasteiger partial charge is 0.319 e. The Bertz CT molecular complexity index is 723. The molecule has 2 aromatic carbocycles. The molecule has 0 aliphatic carbocycles. The van der Waals surface area contributed by atoms with Crippen molar-refractivity contribution in [2.75, 3.05) is 18.4 Å². The molecule has 3 rings (SSSR count). The Morgan fingerprint density at radius 1 is 1.15 bits per heavy atom. The van der Waals surface area contributed by atoms with E-state index in [4.69, 9.17) is 11.6 Å². The third-order valence-electron chi connectivity index (χ3n) is 5.07. The van der Waals surface area contributed by atoms with Gasteiger partial charge in [-0.1, -0.05) is 48.0 Å². The molecule has 0 aromatic heterocycles. The van der Waals surface area contributed by atoms with Crippen LogP contribution in [-0.4, -0.2) is 25.2 Å². The van der Waals surface area contributed by atoms with Crippen LogP contribution in [0.25, 0.3) is 0 Å². The Labute approximate surface area is 166 Å². The molecule has 3 N–H and O–H groups in total. The lowest BCUT2D eigenvalue weighted by Gasteiger charge is -2.30. The average Bonchev–Trinajstić information content (AvgIpc) is 2.66. The molecule has 0 bridgehead atoms.